The fraction of sp³-hybridized carbons (Fsp3) is 0.621. The van der Waals surface area contributed by atoms with Gasteiger partial charge in [-0.1, -0.05) is 64.2 Å². The van der Waals surface area contributed by atoms with Gasteiger partial charge in [0.25, 0.3) is 0 Å². The van der Waals surface area contributed by atoms with Crippen molar-refractivity contribution in [2.45, 2.75) is 91.1 Å². The lowest BCUT2D eigenvalue weighted by molar-refractivity contribution is 0.0512. The van der Waals surface area contributed by atoms with Gasteiger partial charge in [-0.15, -0.1) is 0 Å². The zero-order valence-electron chi connectivity index (χ0n) is 20.9. The number of methoxy groups -OCH3 is 1. The molecule has 0 bridgehead atoms. The van der Waals surface area contributed by atoms with Gasteiger partial charge in [0.1, 0.15) is 5.75 Å². The van der Waals surface area contributed by atoms with Gasteiger partial charge in [0.05, 0.1) is 12.8 Å². The van der Waals surface area contributed by atoms with E-state index in [-0.39, 0.29) is 0 Å². The van der Waals surface area contributed by atoms with E-state index in [2.05, 4.69) is 57.0 Å². The van der Waals surface area contributed by atoms with Crippen molar-refractivity contribution in [2.24, 2.45) is 11.8 Å². The second-order valence-electron chi connectivity index (χ2n) is 10.1. The summed E-state index contributed by atoms with van der Waals surface area (Å²) in [5.41, 5.74) is 7.46. The number of hydrogen-bond acceptors (Lipinski definition) is 3. The predicted octanol–water partition coefficient (Wildman–Crippen LogP) is 6.98. The van der Waals surface area contributed by atoms with Gasteiger partial charge in [0, 0.05) is 35.5 Å². The monoisotopic (exact) mass is 434 g/mol. The van der Waals surface area contributed by atoms with Gasteiger partial charge in [-0.25, -0.2) is 0 Å². The Morgan fingerprint density at radius 3 is 2.38 bits per heavy atom. The van der Waals surface area contributed by atoms with Crippen LogP contribution in [0.3, 0.4) is 0 Å². The Morgan fingerprint density at radius 2 is 1.69 bits per heavy atom. The van der Waals surface area contributed by atoms with Crippen LogP contribution in [0.15, 0.2) is 24.3 Å². The van der Waals surface area contributed by atoms with Gasteiger partial charge in [-0.2, -0.15) is 0 Å². The Bertz CT molecular complexity index is 897. The molecule has 3 atom stereocenters. The number of rotatable bonds is 7. The maximum absolute atomic E-state index is 5.96. The van der Waals surface area contributed by atoms with Gasteiger partial charge in [0.2, 0.25) is 0 Å². The Hall–Kier alpha value is -1.87. The van der Waals surface area contributed by atoms with Crippen LogP contribution in [0.4, 0.5) is 0 Å². The number of benzene rings is 1. The van der Waals surface area contributed by atoms with E-state index in [4.69, 9.17) is 9.72 Å². The lowest BCUT2D eigenvalue weighted by atomic mass is 9.68. The lowest BCUT2D eigenvalue weighted by Crippen LogP contribution is -2.44. The number of ether oxygens (including phenoxy) is 1. The van der Waals surface area contributed by atoms with E-state index in [1.807, 2.05) is 7.11 Å². The molecule has 32 heavy (non-hydrogen) atoms. The van der Waals surface area contributed by atoms with E-state index in [9.17, 15) is 0 Å². The van der Waals surface area contributed by atoms with E-state index in [0.717, 1.165) is 48.4 Å². The minimum absolute atomic E-state index is 0.699. The molecular formula is C29H42N2O. The highest BCUT2D eigenvalue weighted by molar-refractivity contribution is 5.70. The number of fused-ring (bicyclic) bond motifs is 1. The molecule has 2 aliphatic carbocycles. The van der Waals surface area contributed by atoms with E-state index in [1.54, 1.807) is 0 Å². The largest absolute Gasteiger partial charge is 0.496 e. The summed E-state index contributed by atoms with van der Waals surface area (Å²) in [6.45, 7) is 7.55. The van der Waals surface area contributed by atoms with E-state index in [0.29, 0.717) is 6.04 Å². The van der Waals surface area contributed by atoms with Crippen LogP contribution in [0.25, 0.3) is 11.3 Å². The van der Waals surface area contributed by atoms with E-state index in [1.165, 1.54) is 67.2 Å². The van der Waals surface area contributed by atoms with E-state index < -0.39 is 0 Å². The van der Waals surface area contributed by atoms with Crippen molar-refractivity contribution in [1.29, 1.82) is 0 Å². The van der Waals surface area contributed by atoms with Crippen molar-refractivity contribution >= 4 is 0 Å². The van der Waals surface area contributed by atoms with Crippen molar-refractivity contribution in [3.63, 3.8) is 0 Å². The van der Waals surface area contributed by atoms with Crippen LogP contribution in [-0.4, -0.2) is 30.1 Å². The summed E-state index contributed by atoms with van der Waals surface area (Å²) < 4.78 is 5.96. The van der Waals surface area contributed by atoms with Crippen LogP contribution in [0, 0.1) is 18.8 Å². The molecule has 0 saturated heterocycles. The van der Waals surface area contributed by atoms with Crippen LogP contribution in [0.5, 0.6) is 5.75 Å². The normalized spacial score (nSPS) is 23.2. The van der Waals surface area contributed by atoms with Crippen LogP contribution in [-0.2, 0) is 19.4 Å². The first-order valence-corrected chi connectivity index (χ1v) is 12.9. The molecule has 3 nitrogen and oxygen atoms in total. The summed E-state index contributed by atoms with van der Waals surface area (Å²) in [5, 5.41) is 0. The fourth-order valence-corrected chi connectivity index (χ4v) is 6.56. The maximum atomic E-state index is 5.96. The zero-order chi connectivity index (χ0) is 22.7. The Morgan fingerprint density at radius 1 is 1.00 bits per heavy atom. The number of nitrogens with zero attached hydrogens (tertiary/aromatic N) is 2. The molecule has 174 valence electrons. The average Bonchev–Trinajstić information content (AvgIpc) is 2.83. The predicted molar refractivity (Wildman–Crippen MR) is 134 cm³/mol. The molecule has 3 unspecified atom stereocenters. The number of aryl methyl sites for hydroxylation is 3. The molecule has 2 aliphatic rings. The molecule has 3 heteroatoms. The third kappa shape index (κ3) is 4.59. The molecule has 0 amide bonds. The van der Waals surface area contributed by atoms with Crippen molar-refractivity contribution in [3.8, 4) is 17.0 Å². The molecule has 2 saturated carbocycles. The zero-order valence-corrected chi connectivity index (χ0v) is 20.9. The van der Waals surface area contributed by atoms with Crippen LogP contribution < -0.4 is 4.74 Å². The molecule has 0 N–H and O–H groups in total. The first kappa shape index (κ1) is 23.3. The third-order valence-electron chi connectivity index (χ3n) is 8.28. The first-order valence-electron chi connectivity index (χ1n) is 12.9. The van der Waals surface area contributed by atoms with Crippen LogP contribution in [0.2, 0.25) is 0 Å². The second kappa shape index (κ2) is 10.4. The summed E-state index contributed by atoms with van der Waals surface area (Å²) in [4.78, 5) is 7.76. The van der Waals surface area contributed by atoms with Crippen molar-refractivity contribution in [1.82, 2.24) is 9.88 Å². The number of hydrogen-bond donors (Lipinski definition) is 0. The fourth-order valence-electron chi connectivity index (χ4n) is 6.56. The summed E-state index contributed by atoms with van der Waals surface area (Å²) in [7, 11) is 4.14. The molecule has 0 radical (unpaired) electrons. The molecule has 1 heterocycles. The van der Waals surface area contributed by atoms with Gasteiger partial charge in [0.15, 0.2) is 0 Å². The smallest absolute Gasteiger partial charge is 0.127 e. The highest BCUT2D eigenvalue weighted by Crippen LogP contribution is 2.43. The van der Waals surface area contributed by atoms with Gasteiger partial charge in [-0.3, -0.25) is 9.88 Å². The molecule has 0 aliphatic heterocycles. The van der Waals surface area contributed by atoms with Crippen molar-refractivity contribution < 1.29 is 4.74 Å². The quantitative estimate of drug-likeness (QED) is 0.470. The lowest BCUT2D eigenvalue weighted by Gasteiger charge is -2.45. The molecule has 4 rings (SSSR count). The maximum Gasteiger partial charge on any atom is 0.127 e. The van der Waals surface area contributed by atoms with Crippen molar-refractivity contribution in [3.05, 3.63) is 46.6 Å². The Kier molecular flexibility index (Phi) is 7.55. The highest BCUT2D eigenvalue weighted by atomic mass is 16.5. The molecule has 0 spiro atoms. The van der Waals surface area contributed by atoms with Crippen molar-refractivity contribution in [2.75, 3.05) is 14.2 Å². The topological polar surface area (TPSA) is 25.4 Å². The average molecular weight is 435 g/mol. The minimum Gasteiger partial charge on any atom is -0.496 e. The molecule has 2 fully saturated rings. The minimum atomic E-state index is 0.699. The third-order valence-corrected chi connectivity index (χ3v) is 8.28. The second-order valence-corrected chi connectivity index (χ2v) is 10.1. The summed E-state index contributed by atoms with van der Waals surface area (Å²) in [6, 6.07) is 9.54. The highest BCUT2D eigenvalue weighted by Gasteiger charge is 2.37. The summed E-state index contributed by atoms with van der Waals surface area (Å²) in [5.74, 6) is 2.82. The number of aromatic nitrogens is 1. The first-order chi connectivity index (χ1) is 15.6. The molecule has 2 aromatic rings. The summed E-state index contributed by atoms with van der Waals surface area (Å²) in [6.07, 6.45) is 11.9. The molecular weight excluding hydrogens is 392 g/mol. The van der Waals surface area contributed by atoms with Crippen LogP contribution in [0.1, 0.15) is 81.2 Å². The SMILES string of the molecule is CCc1cccc(CC)c1-c1cc(OC)c(CN(C)C2CCCC3CCCCC32)c(C)n1. The van der Waals surface area contributed by atoms with Gasteiger partial charge < -0.3 is 4.74 Å². The molecule has 1 aromatic heterocycles. The Balaban J connectivity index is 1.64. The van der Waals surface area contributed by atoms with Crippen LogP contribution >= 0.6 is 0 Å². The van der Waals surface area contributed by atoms with E-state index >= 15 is 0 Å². The van der Waals surface area contributed by atoms with Gasteiger partial charge >= 0.3 is 0 Å². The number of pyridine rings is 1. The standard InChI is InChI=1S/C29H42N2O/c1-6-21-13-10-14-22(7-2)29(21)26-18-28(32-5)25(20(3)30-26)19-31(4)27-17-11-15-23-12-8-9-16-24(23)27/h10,13-14,18,23-24,27H,6-9,11-12,15-17,19H2,1-5H3. The summed E-state index contributed by atoms with van der Waals surface area (Å²) >= 11 is 0. The Labute approximate surface area is 195 Å². The molecule has 1 aromatic carbocycles. The van der Waals surface area contributed by atoms with Gasteiger partial charge in [-0.05, 0) is 62.6 Å².